The summed E-state index contributed by atoms with van der Waals surface area (Å²) in [6.07, 6.45) is 4.77. The van der Waals surface area contributed by atoms with Crippen LogP contribution in [0.4, 0.5) is 4.39 Å². The molecule has 2 aliphatic heterocycles. The van der Waals surface area contributed by atoms with Crippen LogP contribution in [0.5, 0.6) is 5.75 Å². The summed E-state index contributed by atoms with van der Waals surface area (Å²) in [7, 11) is 0. The van der Waals surface area contributed by atoms with Gasteiger partial charge in [0.15, 0.2) is 0 Å². The van der Waals surface area contributed by atoms with Crippen LogP contribution in [0.3, 0.4) is 0 Å². The molecule has 2 fully saturated rings. The van der Waals surface area contributed by atoms with E-state index in [4.69, 9.17) is 10.5 Å². The highest BCUT2D eigenvalue weighted by Gasteiger charge is 2.39. The Bertz CT molecular complexity index is 536. The molecule has 1 aliphatic carbocycles. The van der Waals surface area contributed by atoms with E-state index in [2.05, 4.69) is 4.90 Å². The SMILES string of the molecule is NC1CCCC2CN(CC3Cc4cc(F)ccc4O3)CC12. The molecule has 1 saturated heterocycles. The molecular weight excluding hydrogens is 267 g/mol. The van der Waals surface area contributed by atoms with Gasteiger partial charge in [-0.15, -0.1) is 0 Å². The van der Waals surface area contributed by atoms with Gasteiger partial charge in [0.2, 0.25) is 0 Å². The largest absolute Gasteiger partial charge is 0.488 e. The number of rotatable bonds is 2. The Morgan fingerprint density at radius 2 is 2.19 bits per heavy atom. The van der Waals surface area contributed by atoms with Crippen molar-refractivity contribution in [2.75, 3.05) is 19.6 Å². The second kappa shape index (κ2) is 5.25. The number of nitrogens with zero attached hydrogens (tertiary/aromatic N) is 1. The van der Waals surface area contributed by atoms with Crippen LogP contribution in [-0.4, -0.2) is 36.7 Å². The highest BCUT2D eigenvalue weighted by molar-refractivity contribution is 5.37. The summed E-state index contributed by atoms with van der Waals surface area (Å²) in [5.74, 6) is 2.13. The van der Waals surface area contributed by atoms with E-state index >= 15 is 0 Å². The van der Waals surface area contributed by atoms with E-state index in [0.29, 0.717) is 12.0 Å². The summed E-state index contributed by atoms with van der Waals surface area (Å²) < 4.78 is 19.2. The molecular formula is C17H23FN2O. The Hall–Kier alpha value is -1.13. The van der Waals surface area contributed by atoms with Gasteiger partial charge in [-0.2, -0.15) is 0 Å². The zero-order valence-corrected chi connectivity index (χ0v) is 12.3. The number of hydrogen-bond donors (Lipinski definition) is 1. The van der Waals surface area contributed by atoms with Crippen molar-refractivity contribution >= 4 is 0 Å². The number of halogens is 1. The molecule has 2 N–H and O–H groups in total. The monoisotopic (exact) mass is 290 g/mol. The molecule has 114 valence electrons. The van der Waals surface area contributed by atoms with E-state index < -0.39 is 0 Å². The summed E-state index contributed by atoms with van der Waals surface area (Å²) in [6.45, 7) is 3.20. The fourth-order valence-electron chi connectivity index (χ4n) is 4.44. The summed E-state index contributed by atoms with van der Waals surface area (Å²) >= 11 is 0. The lowest BCUT2D eigenvalue weighted by Gasteiger charge is -2.29. The number of ether oxygens (including phenoxy) is 1. The number of benzene rings is 1. The number of hydrogen-bond acceptors (Lipinski definition) is 3. The third kappa shape index (κ3) is 2.55. The molecule has 4 heteroatoms. The van der Waals surface area contributed by atoms with E-state index in [1.807, 2.05) is 0 Å². The van der Waals surface area contributed by atoms with Gasteiger partial charge >= 0.3 is 0 Å². The number of nitrogens with two attached hydrogens (primary N) is 1. The molecule has 0 aromatic heterocycles. The molecule has 21 heavy (non-hydrogen) atoms. The fourth-order valence-corrected chi connectivity index (χ4v) is 4.44. The van der Waals surface area contributed by atoms with E-state index in [-0.39, 0.29) is 11.9 Å². The Morgan fingerprint density at radius 3 is 3.05 bits per heavy atom. The van der Waals surface area contributed by atoms with Gasteiger partial charge in [-0.25, -0.2) is 4.39 Å². The first-order valence-corrected chi connectivity index (χ1v) is 8.12. The maximum Gasteiger partial charge on any atom is 0.123 e. The Balaban J connectivity index is 1.38. The lowest BCUT2D eigenvalue weighted by Crippen LogP contribution is -2.38. The molecule has 3 nitrogen and oxygen atoms in total. The molecule has 1 aromatic carbocycles. The molecule has 1 saturated carbocycles. The molecule has 1 aromatic rings. The van der Waals surface area contributed by atoms with Crippen LogP contribution in [0.25, 0.3) is 0 Å². The third-order valence-electron chi connectivity index (χ3n) is 5.46. The lowest BCUT2D eigenvalue weighted by molar-refractivity contribution is 0.163. The highest BCUT2D eigenvalue weighted by Crippen LogP contribution is 2.36. The van der Waals surface area contributed by atoms with Gasteiger partial charge in [0, 0.05) is 37.7 Å². The van der Waals surface area contributed by atoms with Crippen molar-refractivity contribution in [2.24, 2.45) is 17.6 Å². The Labute approximate surface area is 125 Å². The first-order valence-electron chi connectivity index (χ1n) is 8.12. The molecule has 4 unspecified atom stereocenters. The first kappa shape index (κ1) is 13.5. The smallest absolute Gasteiger partial charge is 0.123 e. The Kier molecular flexibility index (Phi) is 3.38. The van der Waals surface area contributed by atoms with Gasteiger partial charge in [-0.05, 0) is 42.9 Å². The van der Waals surface area contributed by atoms with Gasteiger partial charge in [-0.1, -0.05) is 6.42 Å². The second-order valence-electron chi connectivity index (χ2n) is 6.93. The minimum atomic E-state index is -0.170. The van der Waals surface area contributed by atoms with Gasteiger partial charge in [0.05, 0.1) is 0 Å². The minimum Gasteiger partial charge on any atom is -0.488 e. The average molecular weight is 290 g/mol. The molecule has 0 amide bonds. The van der Waals surface area contributed by atoms with Crippen LogP contribution in [0.2, 0.25) is 0 Å². The van der Waals surface area contributed by atoms with Gasteiger partial charge in [-0.3, -0.25) is 4.90 Å². The zero-order valence-electron chi connectivity index (χ0n) is 12.3. The molecule has 0 radical (unpaired) electrons. The van der Waals surface area contributed by atoms with Crippen molar-refractivity contribution in [1.29, 1.82) is 0 Å². The van der Waals surface area contributed by atoms with Gasteiger partial charge in [0.1, 0.15) is 17.7 Å². The predicted octanol–water partition coefficient (Wildman–Crippen LogP) is 2.19. The van der Waals surface area contributed by atoms with Crippen molar-refractivity contribution in [3.05, 3.63) is 29.6 Å². The molecule has 2 heterocycles. The second-order valence-corrected chi connectivity index (χ2v) is 6.93. The quantitative estimate of drug-likeness (QED) is 0.907. The van der Waals surface area contributed by atoms with Gasteiger partial charge < -0.3 is 10.5 Å². The van der Waals surface area contributed by atoms with Crippen molar-refractivity contribution in [1.82, 2.24) is 4.90 Å². The van der Waals surface area contributed by atoms with Crippen LogP contribution < -0.4 is 10.5 Å². The van der Waals surface area contributed by atoms with Crippen molar-refractivity contribution in [2.45, 2.75) is 37.8 Å². The molecule has 0 spiro atoms. The molecule has 4 rings (SSSR count). The van der Waals surface area contributed by atoms with Crippen molar-refractivity contribution in [3.63, 3.8) is 0 Å². The number of fused-ring (bicyclic) bond motifs is 2. The Morgan fingerprint density at radius 1 is 1.29 bits per heavy atom. The lowest BCUT2D eigenvalue weighted by atomic mass is 9.78. The van der Waals surface area contributed by atoms with Crippen molar-refractivity contribution < 1.29 is 9.13 Å². The van der Waals surface area contributed by atoms with Gasteiger partial charge in [0.25, 0.3) is 0 Å². The molecule has 0 bridgehead atoms. The van der Waals surface area contributed by atoms with Crippen LogP contribution >= 0.6 is 0 Å². The van der Waals surface area contributed by atoms with Crippen LogP contribution in [0, 0.1) is 17.7 Å². The standard InChI is InChI=1S/C17H23FN2O/c18-13-4-5-17-12(6-13)7-14(21-17)9-20-8-11-2-1-3-16(19)15(11)10-20/h4-6,11,14-16H,1-3,7-10,19H2. The van der Waals surface area contributed by atoms with E-state index in [1.54, 1.807) is 12.1 Å². The number of likely N-dealkylation sites (tertiary alicyclic amines) is 1. The van der Waals surface area contributed by atoms with E-state index in [1.165, 1.54) is 25.3 Å². The van der Waals surface area contributed by atoms with Crippen LogP contribution in [-0.2, 0) is 6.42 Å². The van der Waals surface area contributed by atoms with E-state index in [9.17, 15) is 4.39 Å². The maximum atomic E-state index is 13.3. The molecule has 4 atom stereocenters. The molecule has 3 aliphatic rings. The summed E-state index contributed by atoms with van der Waals surface area (Å²) in [5, 5.41) is 0. The minimum absolute atomic E-state index is 0.165. The summed E-state index contributed by atoms with van der Waals surface area (Å²) in [4.78, 5) is 2.51. The predicted molar refractivity (Wildman–Crippen MR) is 79.8 cm³/mol. The third-order valence-corrected chi connectivity index (χ3v) is 5.46. The normalized spacial score (nSPS) is 35.3. The van der Waals surface area contributed by atoms with Crippen molar-refractivity contribution in [3.8, 4) is 5.75 Å². The van der Waals surface area contributed by atoms with Crippen LogP contribution in [0.1, 0.15) is 24.8 Å². The summed E-state index contributed by atoms with van der Waals surface area (Å²) in [5.41, 5.74) is 7.28. The fraction of sp³-hybridized carbons (Fsp3) is 0.647. The topological polar surface area (TPSA) is 38.5 Å². The average Bonchev–Trinajstić information content (AvgIpc) is 3.02. The van der Waals surface area contributed by atoms with Crippen LogP contribution in [0.15, 0.2) is 18.2 Å². The van der Waals surface area contributed by atoms with E-state index in [0.717, 1.165) is 43.3 Å². The zero-order chi connectivity index (χ0) is 14.4. The highest BCUT2D eigenvalue weighted by atomic mass is 19.1. The summed E-state index contributed by atoms with van der Waals surface area (Å²) in [6, 6.07) is 5.22. The first-order chi connectivity index (χ1) is 10.2. The maximum absolute atomic E-state index is 13.3.